The number of nitrogens with zero attached hydrogens (tertiary/aromatic N) is 2. The number of ether oxygens (including phenoxy) is 2. The van der Waals surface area contributed by atoms with Crippen LogP contribution >= 0.6 is 22.6 Å². The number of nitrogens with one attached hydrogen (secondary N) is 2. The molecule has 2 fully saturated rings. The number of pyridine rings is 1. The van der Waals surface area contributed by atoms with Crippen LogP contribution in [0.25, 0.3) is 11.3 Å². The molecule has 2 amide bonds. The van der Waals surface area contributed by atoms with E-state index in [1.165, 1.54) is 6.42 Å². The third-order valence-electron chi connectivity index (χ3n) is 6.90. The number of H-pyrrole nitrogens is 1. The van der Waals surface area contributed by atoms with Crippen LogP contribution in [-0.4, -0.2) is 58.2 Å². The molecule has 1 saturated heterocycles. The quantitative estimate of drug-likeness (QED) is 0.545. The second-order valence-electron chi connectivity index (χ2n) is 10.2. The van der Waals surface area contributed by atoms with Crippen LogP contribution in [0.1, 0.15) is 56.1 Å². The highest BCUT2D eigenvalue weighted by atomic mass is 127. The molecule has 2 aromatic heterocycles. The van der Waals surface area contributed by atoms with E-state index in [4.69, 9.17) is 9.47 Å². The van der Waals surface area contributed by atoms with Crippen molar-refractivity contribution >= 4 is 34.6 Å². The standard InChI is InChI=1S/C24H29IN4O4/c1-23(2,3)33-22(31)29-13-24(7-4-8-24)17(29)12-32-16-11-26-9-5-14(16)20-19(25)18-15(28-20)6-10-27-21(18)30/h5,9,11,17,28H,4,6-8,10,12-13H2,1-3H3,(H,27,30). The summed E-state index contributed by atoms with van der Waals surface area (Å²) in [5, 5.41) is 2.91. The molecule has 1 aliphatic carbocycles. The van der Waals surface area contributed by atoms with E-state index in [0.717, 1.165) is 46.3 Å². The number of amides is 2. The number of carbonyl (C=O) groups excluding carboxylic acids is 2. The highest BCUT2D eigenvalue weighted by molar-refractivity contribution is 14.1. The Bertz CT molecular complexity index is 1100. The van der Waals surface area contributed by atoms with Gasteiger partial charge in [0.25, 0.3) is 5.91 Å². The highest BCUT2D eigenvalue weighted by Gasteiger charge is 2.58. The predicted molar refractivity (Wildman–Crippen MR) is 131 cm³/mol. The van der Waals surface area contributed by atoms with Gasteiger partial charge in [0.05, 0.1) is 27.1 Å². The number of aromatic amines is 1. The zero-order chi connectivity index (χ0) is 23.4. The first-order chi connectivity index (χ1) is 15.7. The van der Waals surface area contributed by atoms with Crippen LogP contribution in [0, 0.1) is 8.99 Å². The van der Waals surface area contributed by atoms with Crippen molar-refractivity contribution in [3.63, 3.8) is 0 Å². The van der Waals surface area contributed by atoms with Gasteiger partial charge in [-0.1, -0.05) is 6.42 Å². The van der Waals surface area contributed by atoms with E-state index in [0.29, 0.717) is 24.5 Å². The molecule has 1 unspecified atom stereocenters. The smallest absolute Gasteiger partial charge is 0.410 e. The van der Waals surface area contributed by atoms with Gasteiger partial charge >= 0.3 is 6.09 Å². The van der Waals surface area contributed by atoms with Gasteiger partial charge in [-0.3, -0.25) is 9.78 Å². The molecule has 1 spiro atoms. The molecule has 1 atom stereocenters. The van der Waals surface area contributed by atoms with E-state index in [1.54, 1.807) is 12.4 Å². The summed E-state index contributed by atoms with van der Waals surface area (Å²) in [5.74, 6) is 0.592. The number of fused-ring (bicyclic) bond motifs is 1. The number of carbonyl (C=O) groups is 2. The van der Waals surface area contributed by atoms with Crippen LogP contribution in [0.5, 0.6) is 5.75 Å². The largest absolute Gasteiger partial charge is 0.489 e. The van der Waals surface area contributed by atoms with Crippen molar-refractivity contribution in [2.24, 2.45) is 5.41 Å². The topological polar surface area (TPSA) is 96.5 Å². The zero-order valence-corrected chi connectivity index (χ0v) is 21.3. The van der Waals surface area contributed by atoms with Crippen molar-refractivity contribution in [3.05, 3.63) is 33.3 Å². The molecule has 8 nitrogen and oxygen atoms in total. The Morgan fingerprint density at radius 2 is 2.15 bits per heavy atom. The lowest BCUT2D eigenvalue weighted by Gasteiger charge is -2.61. The number of rotatable bonds is 4. The van der Waals surface area contributed by atoms with E-state index in [9.17, 15) is 9.59 Å². The third-order valence-corrected chi connectivity index (χ3v) is 7.98. The Balaban J connectivity index is 1.38. The monoisotopic (exact) mass is 564 g/mol. The minimum absolute atomic E-state index is 0.0177. The van der Waals surface area contributed by atoms with Gasteiger partial charge in [0.2, 0.25) is 0 Å². The molecule has 3 aliphatic rings. The van der Waals surface area contributed by atoms with Crippen LogP contribution in [0.3, 0.4) is 0 Å². The summed E-state index contributed by atoms with van der Waals surface area (Å²) < 4.78 is 12.8. The fraction of sp³-hybridized carbons (Fsp3) is 0.542. The maximum absolute atomic E-state index is 12.8. The summed E-state index contributed by atoms with van der Waals surface area (Å²) in [7, 11) is 0. The molecular weight excluding hydrogens is 535 g/mol. The van der Waals surface area contributed by atoms with Crippen LogP contribution in [0.2, 0.25) is 0 Å². The van der Waals surface area contributed by atoms with E-state index in [2.05, 4.69) is 37.9 Å². The van der Waals surface area contributed by atoms with Gasteiger partial charge < -0.3 is 24.7 Å². The maximum Gasteiger partial charge on any atom is 0.410 e. The van der Waals surface area contributed by atoms with E-state index in [-0.39, 0.29) is 23.5 Å². The van der Waals surface area contributed by atoms with Gasteiger partial charge in [-0.15, -0.1) is 0 Å². The Hall–Kier alpha value is -2.30. The van der Waals surface area contributed by atoms with E-state index >= 15 is 0 Å². The summed E-state index contributed by atoms with van der Waals surface area (Å²) in [6.07, 6.45) is 7.32. The SMILES string of the molecule is CC(C)(C)OC(=O)N1CC2(CCC2)C1COc1cnccc1-c1[nH]c2c(c1I)C(=O)NCC2. The number of hydrogen-bond donors (Lipinski definition) is 2. The van der Waals surface area contributed by atoms with Gasteiger partial charge in [0.1, 0.15) is 18.0 Å². The number of halogens is 1. The Morgan fingerprint density at radius 3 is 2.82 bits per heavy atom. The normalized spacial score (nSPS) is 21.0. The molecule has 176 valence electrons. The molecule has 1 saturated carbocycles. The molecule has 4 heterocycles. The minimum Gasteiger partial charge on any atom is -0.489 e. The summed E-state index contributed by atoms with van der Waals surface area (Å²) in [6, 6.07) is 1.88. The van der Waals surface area contributed by atoms with Crippen molar-refractivity contribution in [2.45, 2.75) is 58.1 Å². The molecular formula is C24H29IN4O4. The lowest BCUT2D eigenvalue weighted by molar-refractivity contribution is -0.132. The molecule has 5 rings (SSSR count). The van der Waals surface area contributed by atoms with Gasteiger partial charge in [-0.25, -0.2) is 4.79 Å². The summed E-state index contributed by atoms with van der Waals surface area (Å²) in [4.78, 5) is 34.6. The molecule has 2 N–H and O–H groups in total. The van der Waals surface area contributed by atoms with Gasteiger partial charge in [-0.2, -0.15) is 0 Å². The first-order valence-corrected chi connectivity index (χ1v) is 12.5. The average Bonchev–Trinajstić information content (AvgIpc) is 3.03. The van der Waals surface area contributed by atoms with Crippen LogP contribution < -0.4 is 10.1 Å². The lowest BCUT2D eigenvalue weighted by Crippen LogP contribution is -2.71. The van der Waals surface area contributed by atoms with Crippen molar-refractivity contribution in [2.75, 3.05) is 19.7 Å². The lowest BCUT2D eigenvalue weighted by atomic mass is 9.58. The van der Waals surface area contributed by atoms with Gasteiger partial charge in [0, 0.05) is 42.4 Å². The zero-order valence-electron chi connectivity index (χ0n) is 19.2. The first kappa shape index (κ1) is 22.5. The fourth-order valence-electron chi connectivity index (χ4n) is 5.07. The predicted octanol–water partition coefficient (Wildman–Crippen LogP) is 4.14. The first-order valence-electron chi connectivity index (χ1n) is 11.4. The molecule has 2 aromatic rings. The molecule has 33 heavy (non-hydrogen) atoms. The number of aromatic nitrogens is 2. The Kier molecular flexibility index (Phi) is 5.57. The van der Waals surface area contributed by atoms with Gasteiger partial charge in [0.15, 0.2) is 0 Å². The molecule has 0 radical (unpaired) electrons. The molecule has 0 bridgehead atoms. The number of hydrogen-bond acceptors (Lipinski definition) is 5. The van der Waals surface area contributed by atoms with E-state index in [1.807, 2.05) is 31.7 Å². The van der Waals surface area contributed by atoms with Crippen LogP contribution in [0.15, 0.2) is 18.5 Å². The molecule has 0 aromatic carbocycles. The maximum atomic E-state index is 12.8. The van der Waals surface area contributed by atoms with Crippen molar-refractivity contribution in [1.29, 1.82) is 0 Å². The van der Waals surface area contributed by atoms with E-state index < -0.39 is 5.60 Å². The van der Waals surface area contributed by atoms with Crippen molar-refractivity contribution in [1.82, 2.24) is 20.2 Å². The van der Waals surface area contributed by atoms with Gasteiger partial charge in [-0.05, 0) is 62.3 Å². The second-order valence-corrected chi connectivity index (χ2v) is 11.3. The highest BCUT2D eigenvalue weighted by Crippen LogP contribution is 2.53. The van der Waals surface area contributed by atoms with Crippen molar-refractivity contribution in [3.8, 4) is 17.0 Å². The molecule has 2 aliphatic heterocycles. The number of likely N-dealkylation sites (tertiary alicyclic amines) is 1. The van der Waals surface area contributed by atoms with Crippen LogP contribution in [0.4, 0.5) is 4.79 Å². The Morgan fingerprint density at radius 1 is 1.36 bits per heavy atom. The second kappa shape index (κ2) is 8.18. The Labute approximate surface area is 206 Å². The molecule has 9 heteroatoms. The summed E-state index contributed by atoms with van der Waals surface area (Å²) >= 11 is 2.22. The van der Waals surface area contributed by atoms with Crippen molar-refractivity contribution < 1.29 is 19.1 Å². The van der Waals surface area contributed by atoms with Crippen LogP contribution in [-0.2, 0) is 11.2 Å². The summed E-state index contributed by atoms with van der Waals surface area (Å²) in [6.45, 7) is 7.40. The summed E-state index contributed by atoms with van der Waals surface area (Å²) in [5.41, 5.74) is 3.00. The fourth-order valence-corrected chi connectivity index (χ4v) is 6.07. The average molecular weight is 564 g/mol. The minimum atomic E-state index is -0.531. The third kappa shape index (κ3) is 3.98.